The molecule has 0 heterocycles. The summed E-state index contributed by atoms with van der Waals surface area (Å²) in [5.74, 6) is 4.44. The number of benzene rings is 2. The lowest BCUT2D eigenvalue weighted by molar-refractivity contribution is -0.128. The number of hydrazine groups is 1. The molecule has 0 radical (unpaired) electrons. The summed E-state index contributed by atoms with van der Waals surface area (Å²) in [6, 6.07) is 15.3. The van der Waals surface area contributed by atoms with Crippen molar-refractivity contribution in [2.24, 2.45) is 5.84 Å². The molecule has 24 heavy (non-hydrogen) atoms. The molecule has 0 aromatic heterocycles. The van der Waals surface area contributed by atoms with Crippen LogP contribution in [-0.2, 0) is 16.0 Å². The number of hydrogen-bond acceptors (Lipinski definition) is 4. The number of amides is 3. The van der Waals surface area contributed by atoms with Crippen LogP contribution < -0.4 is 11.2 Å². The lowest BCUT2D eigenvalue weighted by Gasteiger charge is -2.15. The number of carbonyl (C=O) groups excluding carboxylic acids is 3. The van der Waals surface area contributed by atoms with Gasteiger partial charge in [0, 0.05) is 17.7 Å². The second kappa shape index (κ2) is 8.03. The Hall–Kier alpha value is -2.99. The molecule has 0 unspecified atom stereocenters. The number of nitrogens with zero attached hydrogens (tertiary/aromatic N) is 1. The molecule has 124 valence electrons. The van der Waals surface area contributed by atoms with E-state index in [4.69, 9.17) is 5.84 Å². The molecule has 2 aromatic rings. The summed E-state index contributed by atoms with van der Waals surface area (Å²) < 4.78 is 0. The molecule has 0 fully saturated rings. The van der Waals surface area contributed by atoms with Crippen LogP contribution in [0.3, 0.4) is 0 Å². The van der Waals surface area contributed by atoms with Crippen LogP contribution in [0.1, 0.15) is 29.3 Å². The monoisotopic (exact) mass is 325 g/mol. The Labute approximate surface area is 140 Å². The first-order valence-corrected chi connectivity index (χ1v) is 7.57. The molecule has 2 rings (SSSR count). The molecule has 0 spiro atoms. The predicted octanol–water partition coefficient (Wildman–Crippen LogP) is 2.12. The zero-order valence-electron chi connectivity index (χ0n) is 13.4. The van der Waals surface area contributed by atoms with E-state index in [2.05, 4.69) is 5.32 Å². The van der Waals surface area contributed by atoms with Gasteiger partial charge in [0.05, 0.1) is 6.42 Å². The first-order chi connectivity index (χ1) is 11.5. The van der Waals surface area contributed by atoms with Crippen molar-refractivity contribution in [3.05, 3.63) is 65.7 Å². The van der Waals surface area contributed by atoms with Gasteiger partial charge in [-0.15, -0.1) is 0 Å². The molecule has 0 bridgehead atoms. The van der Waals surface area contributed by atoms with Gasteiger partial charge in [-0.2, -0.15) is 0 Å². The molecule has 0 atom stereocenters. The fourth-order valence-electron chi connectivity index (χ4n) is 2.05. The number of hydrogen-bond donors (Lipinski definition) is 2. The quantitative estimate of drug-likeness (QED) is 0.500. The van der Waals surface area contributed by atoms with Crippen molar-refractivity contribution in [3.63, 3.8) is 0 Å². The van der Waals surface area contributed by atoms with Gasteiger partial charge in [-0.05, 0) is 29.8 Å². The van der Waals surface area contributed by atoms with Gasteiger partial charge in [0.1, 0.15) is 0 Å². The molecule has 0 aliphatic rings. The van der Waals surface area contributed by atoms with Crippen molar-refractivity contribution in [2.45, 2.75) is 19.8 Å². The van der Waals surface area contributed by atoms with E-state index in [-0.39, 0.29) is 17.9 Å². The van der Waals surface area contributed by atoms with Crippen LogP contribution in [0.5, 0.6) is 0 Å². The standard InChI is InChI=1S/C18H19N3O3/c1-2-16(22)20-15-10-8-14(9-11-15)18(24)21(19)17(23)12-13-6-4-3-5-7-13/h3-11H,2,12,19H2,1H3,(H,20,22). The topological polar surface area (TPSA) is 92.5 Å². The Kier molecular flexibility index (Phi) is 5.81. The minimum atomic E-state index is -0.593. The van der Waals surface area contributed by atoms with E-state index in [1.54, 1.807) is 31.2 Å². The van der Waals surface area contributed by atoms with E-state index in [1.165, 1.54) is 12.1 Å². The van der Waals surface area contributed by atoms with Gasteiger partial charge >= 0.3 is 0 Å². The highest BCUT2D eigenvalue weighted by molar-refractivity contribution is 6.04. The van der Waals surface area contributed by atoms with Gasteiger partial charge in [0.25, 0.3) is 5.91 Å². The second-order valence-corrected chi connectivity index (χ2v) is 5.21. The molecule has 0 aliphatic carbocycles. The molecule has 2 aromatic carbocycles. The minimum absolute atomic E-state index is 0.0493. The zero-order valence-corrected chi connectivity index (χ0v) is 13.4. The maximum atomic E-state index is 12.3. The lowest BCUT2D eigenvalue weighted by atomic mass is 10.1. The summed E-state index contributed by atoms with van der Waals surface area (Å²) in [7, 11) is 0. The summed E-state index contributed by atoms with van der Waals surface area (Å²) in [4.78, 5) is 35.7. The average Bonchev–Trinajstić information content (AvgIpc) is 2.61. The lowest BCUT2D eigenvalue weighted by Crippen LogP contribution is -2.43. The van der Waals surface area contributed by atoms with Crippen molar-refractivity contribution >= 4 is 23.4 Å². The Bertz CT molecular complexity index is 727. The average molecular weight is 325 g/mol. The van der Waals surface area contributed by atoms with E-state index >= 15 is 0 Å². The first kappa shape index (κ1) is 17.4. The SMILES string of the molecule is CCC(=O)Nc1ccc(C(=O)N(N)C(=O)Cc2ccccc2)cc1. The Balaban J connectivity index is 2.02. The predicted molar refractivity (Wildman–Crippen MR) is 90.9 cm³/mol. The molecule has 0 saturated carbocycles. The normalized spacial score (nSPS) is 10.1. The van der Waals surface area contributed by atoms with E-state index in [9.17, 15) is 14.4 Å². The maximum Gasteiger partial charge on any atom is 0.274 e. The third-order valence-corrected chi connectivity index (χ3v) is 3.42. The third-order valence-electron chi connectivity index (χ3n) is 3.42. The van der Waals surface area contributed by atoms with Crippen LogP contribution in [-0.4, -0.2) is 22.7 Å². The smallest absolute Gasteiger partial charge is 0.274 e. The zero-order chi connectivity index (χ0) is 17.5. The van der Waals surface area contributed by atoms with Crippen molar-refractivity contribution in [1.82, 2.24) is 5.01 Å². The highest BCUT2D eigenvalue weighted by atomic mass is 16.2. The summed E-state index contributed by atoms with van der Waals surface area (Å²) in [5, 5.41) is 3.30. The Morgan fingerprint density at radius 3 is 2.21 bits per heavy atom. The largest absolute Gasteiger partial charge is 0.326 e. The maximum absolute atomic E-state index is 12.3. The molecular weight excluding hydrogens is 306 g/mol. The summed E-state index contributed by atoms with van der Waals surface area (Å²) in [6.07, 6.45) is 0.416. The molecule has 6 heteroatoms. The van der Waals surface area contributed by atoms with Crippen molar-refractivity contribution < 1.29 is 14.4 Å². The van der Waals surface area contributed by atoms with E-state index in [0.29, 0.717) is 17.1 Å². The second-order valence-electron chi connectivity index (χ2n) is 5.21. The van der Waals surface area contributed by atoms with Crippen LogP contribution in [0.25, 0.3) is 0 Å². The van der Waals surface area contributed by atoms with E-state index < -0.39 is 11.8 Å². The Morgan fingerprint density at radius 1 is 1.00 bits per heavy atom. The van der Waals surface area contributed by atoms with Crippen LogP contribution >= 0.6 is 0 Å². The summed E-state index contributed by atoms with van der Waals surface area (Å²) in [6.45, 7) is 1.75. The molecule has 3 N–H and O–H groups in total. The number of anilines is 1. The van der Waals surface area contributed by atoms with E-state index in [1.807, 2.05) is 18.2 Å². The van der Waals surface area contributed by atoms with Crippen molar-refractivity contribution in [1.29, 1.82) is 0 Å². The van der Waals surface area contributed by atoms with Crippen LogP contribution in [0.4, 0.5) is 5.69 Å². The van der Waals surface area contributed by atoms with E-state index in [0.717, 1.165) is 5.56 Å². The van der Waals surface area contributed by atoms with Crippen LogP contribution in [0, 0.1) is 0 Å². The fraction of sp³-hybridized carbons (Fsp3) is 0.167. The molecule has 6 nitrogen and oxygen atoms in total. The van der Waals surface area contributed by atoms with Gasteiger partial charge in [-0.3, -0.25) is 14.4 Å². The molecule has 0 saturated heterocycles. The highest BCUT2D eigenvalue weighted by Crippen LogP contribution is 2.12. The highest BCUT2D eigenvalue weighted by Gasteiger charge is 2.19. The first-order valence-electron chi connectivity index (χ1n) is 7.57. The molecule has 3 amide bonds. The number of nitrogens with one attached hydrogen (secondary N) is 1. The Morgan fingerprint density at radius 2 is 1.62 bits per heavy atom. The van der Waals surface area contributed by atoms with Gasteiger partial charge in [0.2, 0.25) is 11.8 Å². The molecular formula is C18H19N3O3. The van der Waals surface area contributed by atoms with Crippen LogP contribution in [0.2, 0.25) is 0 Å². The van der Waals surface area contributed by atoms with Crippen molar-refractivity contribution in [2.75, 3.05) is 5.32 Å². The minimum Gasteiger partial charge on any atom is -0.326 e. The van der Waals surface area contributed by atoms with Crippen molar-refractivity contribution in [3.8, 4) is 0 Å². The number of rotatable bonds is 5. The molecule has 0 aliphatic heterocycles. The van der Waals surface area contributed by atoms with Gasteiger partial charge in [-0.25, -0.2) is 10.9 Å². The number of imide groups is 1. The third kappa shape index (κ3) is 4.50. The number of carbonyl (C=O) groups is 3. The van der Waals surface area contributed by atoms with Gasteiger partial charge in [0.15, 0.2) is 0 Å². The van der Waals surface area contributed by atoms with Gasteiger partial charge < -0.3 is 5.32 Å². The number of nitrogens with two attached hydrogens (primary N) is 1. The fourth-order valence-corrected chi connectivity index (χ4v) is 2.05. The summed E-state index contributed by atoms with van der Waals surface area (Å²) in [5.41, 5.74) is 1.63. The van der Waals surface area contributed by atoms with Crippen LogP contribution in [0.15, 0.2) is 54.6 Å². The summed E-state index contributed by atoms with van der Waals surface area (Å²) >= 11 is 0. The van der Waals surface area contributed by atoms with Gasteiger partial charge in [-0.1, -0.05) is 37.3 Å².